The first-order valence-corrected chi connectivity index (χ1v) is 7.74. The van der Waals surface area contributed by atoms with Gasteiger partial charge in [-0.3, -0.25) is 4.79 Å². The van der Waals surface area contributed by atoms with Crippen molar-refractivity contribution in [2.24, 2.45) is 5.73 Å². The van der Waals surface area contributed by atoms with E-state index in [4.69, 9.17) is 15.2 Å². The van der Waals surface area contributed by atoms with Gasteiger partial charge in [0.15, 0.2) is 17.2 Å². The Labute approximate surface area is 152 Å². The number of rotatable bonds is 4. The smallest absolute Gasteiger partial charge is 0.273 e. The number of carbonyl (C=O) groups is 1. The number of ether oxygens (including phenoxy) is 2. The molecule has 8 nitrogen and oxygen atoms in total. The molecule has 1 amide bonds. The van der Waals surface area contributed by atoms with Gasteiger partial charge in [-0.25, -0.2) is 4.68 Å². The van der Waals surface area contributed by atoms with Gasteiger partial charge in [0.1, 0.15) is 13.2 Å². The van der Waals surface area contributed by atoms with Crippen LogP contribution in [-0.2, 0) is 0 Å². The minimum atomic E-state index is -0.491. The molecule has 0 radical (unpaired) electrons. The molecule has 1 aromatic heterocycles. The second-order valence-corrected chi connectivity index (χ2v) is 6.43. The number of amides is 1. The summed E-state index contributed by atoms with van der Waals surface area (Å²) < 4.78 is 12.7. The van der Waals surface area contributed by atoms with Gasteiger partial charge in [-0.1, -0.05) is 5.21 Å². The molecule has 25 heavy (non-hydrogen) atoms. The van der Waals surface area contributed by atoms with Crippen LogP contribution in [0.25, 0.3) is 5.69 Å². The number of carbonyl (C=O) groups excluding carboxylic acids is 1. The summed E-state index contributed by atoms with van der Waals surface area (Å²) in [6.45, 7) is 6.87. The standard InChI is InChI=1S/C16H21N5O3.ClH/c1-10-14(15(22)18-9-16(2,3)17)19-20-21(10)11-4-5-12-13(8-11)24-7-6-23-12;/h4-5,8H,6-7,9,17H2,1-3H3,(H,18,22);1H. The van der Waals surface area contributed by atoms with Crippen LogP contribution in [0.15, 0.2) is 18.2 Å². The van der Waals surface area contributed by atoms with Gasteiger partial charge in [0, 0.05) is 18.2 Å². The molecule has 0 aliphatic carbocycles. The fraction of sp³-hybridized carbons (Fsp3) is 0.438. The third kappa shape index (κ3) is 4.21. The van der Waals surface area contributed by atoms with Crippen LogP contribution in [0.5, 0.6) is 11.5 Å². The van der Waals surface area contributed by atoms with Crippen LogP contribution in [0, 0.1) is 6.92 Å². The van der Waals surface area contributed by atoms with Crippen LogP contribution >= 0.6 is 12.4 Å². The minimum Gasteiger partial charge on any atom is -0.486 e. The predicted octanol–water partition coefficient (Wildman–Crippen LogP) is 1.24. The fourth-order valence-electron chi connectivity index (χ4n) is 2.34. The van der Waals surface area contributed by atoms with Crippen LogP contribution in [0.2, 0.25) is 0 Å². The lowest BCUT2D eigenvalue weighted by Crippen LogP contribution is -2.45. The molecular weight excluding hydrogens is 346 g/mol. The van der Waals surface area contributed by atoms with Gasteiger partial charge < -0.3 is 20.5 Å². The Balaban J connectivity index is 0.00000225. The number of nitrogens with two attached hydrogens (primary N) is 1. The lowest BCUT2D eigenvalue weighted by atomic mass is 10.1. The highest BCUT2D eigenvalue weighted by atomic mass is 35.5. The average Bonchev–Trinajstić information content (AvgIpc) is 2.93. The zero-order chi connectivity index (χ0) is 17.3. The van der Waals surface area contributed by atoms with E-state index in [-0.39, 0.29) is 24.0 Å². The molecule has 0 fully saturated rings. The summed E-state index contributed by atoms with van der Waals surface area (Å²) in [6, 6.07) is 5.49. The molecule has 0 spiro atoms. The van der Waals surface area contributed by atoms with Crippen molar-refractivity contribution in [3.8, 4) is 17.2 Å². The molecule has 2 aromatic rings. The first-order valence-electron chi connectivity index (χ1n) is 7.74. The largest absolute Gasteiger partial charge is 0.486 e. The third-order valence-corrected chi connectivity index (χ3v) is 3.58. The molecule has 0 bridgehead atoms. The monoisotopic (exact) mass is 367 g/mol. The number of fused-ring (bicyclic) bond motifs is 1. The first kappa shape index (κ1) is 19.0. The molecule has 136 valence electrons. The number of nitrogens with one attached hydrogen (secondary N) is 1. The zero-order valence-electron chi connectivity index (χ0n) is 14.4. The topological polar surface area (TPSA) is 104 Å². The maximum absolute atomic E-state index is 12.3. The Morgan fingerprint density at radius 3 is 2.68 bits per heavy atom. The number of hydrogen-bond acceptors (Lipinski definition) is 6. The van der Waals surface area contributed by atoms with Gasteiger partial charge >= 0.3 is 0 Å². The molecule has 1 aromatic carbocycles. The van der Waals surface area contributed by atoms with E-state index in [1.807, 2.05) is 32.0 Å². The number of halogens is 1. The molecule has 1 aliphatic heterocycles. The van der Waals surface area contributed by atoms with E-state index in [1.165, 1.54) is 0 Å². The van der Waals surface area contributed by atoms with Crippen LogP contribution in [0.3, 0.4) is 0 Å². The third-order valence-electron chi connectivity index (χ3n) is 3.58. The fourth-order valence-corrected chi connectivity index (χ4v) is 2.34. The molecule has 0 saturated heterocycles. The van der Waals surface area contributed by atoms with Gasteiger partial charge in [-0.2, -0.15) is 0 Å². The summed E-state index contributed by atoms with van der Waals surface area (Å²) in [5.41, 5.74) is 7.05. The van der Waals surface area contributed by atoms with E-state index >= 15 is 0 Å². The maximum atomic E-state index is 12.3. The zero-order valence-corrected chi connectivity index (χ0v) is 15.2. The van der Waals surface area contributed by atoms with Crippen molar-refractivity contribution in [1.82, 2.24) is 20.3 Å². The van der Waals surface area contributed by atoms with E-state index in [9.17, 15) is 4.79 Å². The Hall–Kier alpha value is -2.32. The van der Waals surface area contributed by atoms with Crippen LogP contribution in [-0.4, -0.2) is 46.2 Å². The molecule has 0 unspecified atom stereocenters. The quantitative estimate of drug-likeness (QED) is 0.842. The number of hydrogen-bond donors (Lipinski definition) is 2. The highest BCUT2D eigenvalue weighted by Gasteiger charge is 2.20. The van der Waals surface area contributed by atoms with E-state index < -0.39 is 5.54 Å². The summed E-state index contributed by atoms with van der Waals surface area (Å²) in [6.07, 6.45) is 0. The SMILES string of the molecule is Cc1c(C(=O)NCC(C)(C)N)nnn1-c1ccc2c(c1)OCCO2.Cl. The highest BCUT2D eigenvalue weighted by Crippen LogP contribution is 2.32. The van der Waals surface area contributed by atoms with Crippen molar-refractivity contribution in [2.45, 2.75) is 26.3 Å². The molecule has 3 N–H and O–H groups in total. The highest BCUT2D eigenvalue weighted by molar-refractivity contribution is 5.93. The molecule has 2 heterocycles. The Kier molecular flexibility index (Phi) is 5.54. The first-order chi connectivity index (χ1) is 11.3. The van der Waals surface area contributed by atoms with E-state index in [2.05, 4.69) is 15.6 Å². The average molecular weight is 368 g/mol. The van der Waals surface area contributed by atoms with Gasteiger partial charge in [0.25, 0.3) is 5.91 Å². The van der Waals surface area contributed by atoms with Crippen LogP contribution < -0.4 is 20.5 Å². The molecular formula is C16H22ClN5O3. The van der Waals surface area contributed by atoms with Gasteiger partial charge in [0.2, 0.25) is 0 Å². The summed E-state index contributed by atoms with van der Waals surface area (Å²) >= 11 is 0. The van der Waals surface area contributed by atoms with Crippen LogP contribution in [0.1, 0.15) is 30.0 Å². The molecule has 0 atom stereocenters. The van der Waals surface area contributed by atoms with E-state index in [0.717, 1.165) is 5.69 Å². The second kappa shape index (κ2) is 7.28. The normalized spacial score (nSPS) is 13.1. The summed E-state index contributed by atoms with van der Waals surface area (Å²) in [5, 5.41) is 10.8. The summed E-state index contributed by atoms with van der Waals surface area (Å²) in [5.74, 6) is 1.06. The van der Waals surface area contributed by atoms with Crippen molar-refractivity contribution in [2.75, 3.05) is 19.8 Å². The second-order valence-electron chi connectivity index (χ2n) is 6.43. The molecule has 9 heteroatoms. The summed E-state index contributed by atoms with van der Waals surface area (Å²) in [7, 11) is 0. The maximum Gasteiger partial charge on any atom is 0.273 e. The van der Waals surface area contributed by atoms with Crippen molar-refractivity contribution < 1.29 is 14.3 Å². The van der Waals surface area contributed by atoms with Crippen molar-refractivity contribution in [1.29, 1.82) is 0 Å². The van der Waals surface area contributed by atoms with E-state index in [1.54, 1.807) is 11.6 Å². The van der Waals surface area contributed by atoms with Crippen molar-refractivity contribution >= 4 is 18.3 Å². The molecule has 1 aliphatic rings. The molecule has 3 rings (SSSR count). The molecule has 0 saturated carbocycles. The Morgan fingerprint density at radius 2 is 2.00 bits per heavy atom. The number of aromatic nitrogens is 3. The van der Waals surface area contributed by atoms with Gasteiger partial charge in [-0.05, 0) is 32.9 Å². The minimum absolute atomic E-state index is 0. The number of nitrogens with zero attached hydrogens (tertiary/aromatic N) is 3. The van der Waals surface area contributed by atoms with Gasteiger partial charge in [0.05, 0.1) is 11.4 Å². The number of benzene rings is 1. The van der Waals surface area contributed by atoms with Crippen LogP contribution in [0.4, 0.5) is 0 Å². The lowest BCUT2D eigenvalue weighted by Gasteiger charge is -2.19. The van der Waals surface area contributed by atoms with Gasteiger partial charge in [-0.15, -0.1) is 17.5 Å². The van der Waals surface area contributed by atoms with E-state index in [0.29, 0.717) is 37.0 Å². The van der Waals surface area contributed by atoms with Crippen molar-refractivity contribution in [3.63, 3.8) is 0 Å². The predicted molar refractivity (Wildman–Crippen MR) is 94.9 cm³/mol. The lowest BCUT2D eigenvalue weighted by molar-refractivity contribution is 0.0940. The summed E-state index contributed by atoms with van der Waals surface area (Å²) in [4.78, 5) is 12.3. The Morgan fingerprint density at radius 1 is 1.32 bits per heavy atom. The van der Waals surface area contributed by atoms with Crippen molar-refractivity contribution in [3.05, 3.63) is 29.6 Å². The Bertz CT molecular complexity index is 770.